The van der Waals surface area contributed by atoms with Crippen LogP contribution in [0.1, 0.15) is 25.6 Å². The normalized spacial score (nSPS) is 13.1. The van der Waals surface area contributed by atoms with Crippen molar-refractivity contribution in [3.05, 3.63) is 88.9 Å². The van der Waals surface area contributed by atoms with E-state index in [0.717, 1.165) is 25.2 Å². The van der Waals surface area contributed by atoms with Crippen molar-refractivity contribution in [2.24, 2.45) is 0 Å². The summed E-state index contributed by atoms with van der Waals surface area (Å²) in [7, 11) is 1.78. The number of carbonyl (C=O) groups is 2. The van der Waals surface area contributed by atoms with Gasteiger partial charge in [0.25, 0.3) is 11.8 Å². The van der Waals surface area contributed by atoms with Crippen molar-refractivity contribution >= 4 is 40.6 Å². The van der Waals surface area contributed by atoms with Crippen LogP contribution >= 0.6 is 23.1 Å². The van der Waals surface area contributed by atoms with Gasteiger partial charge in [-0.3, -0.25) is 9.59 Å². The quantitative estimate of drug-likeness (QED) is 0.246. The number of nitrogens with one attached hydrogen (secondary N) is 3. The number of aliphatic hydroxyl groups is 1. The highest BCUT2D eigenvalue weighted by Crippen LogP contribution is 2.39. The van der Waals surface area contributed by atoms with Gasteiger partial charge in [0, 0.05) is 38.5 Å². The van der Waals surface area contributed by atoms with Crippen LogP contribution in [0.3, 0.4) is 0 Å². The summed E-state index contributed by atoms with van der Waals surface area (Å²) in [4.78, 5) is 32.7. The third-order valence-electron chi connectivity index (χ3n) is 5.80. The number of hydrogen-bond donors (Lipinski definition) is 4. The molecule has 0 saturated carbocycles. The highest BCUT2D eigenvalue weighted by molar-refractivity contribution is 7.99. The first-order valence-electron chi connectivity index (χ1n) is 12.0. The summed E-state index contributed by atoms with van der Waals surface area (Å²) in [6.07, 6.45) is 1.18. The molecule has 1 unspecified atom stereocenters. The van der Waals surface area contributed by atoms with Gasteiger partial charge in [-0.15, -0.1) is 11.3 Å². The molecule has 1 atom stereocenters. The van der Waals surface area contributed by atoms with Crippen molar-refractivity contribution < 1.29 is 19.4 Å². The Labute approximate surface area is 228 Å². The lowest BCUT2D eigenvalue weighted by Gasteiger charge is -2.11. The summed E-state index contributed by atoms with van der Waals surface area (Å²) in [5, 5.41) is 19.4. The molecule has 0 bridgehead atoms. The van der Waals surface area contributed by atoms with Crippen LogP contribution in [0.4, 0.5) is 5.69 Å². The Bertz CT molecular complexity index is 1460. The molecule has 0 fully saturated rings. The van der Waals surface area contributed by atoms with Gasteiger partial charge in [-0.1, -0.05) is 23.9 Å². The van der Waals surface area contributed by atoms with E-state index in [2.05, 4.69) is 20.9 Å². The Hall–Kier alpha value is -3.70. The van der Waals surface area contributed by atoms with E-state index in [9.17, 15) is 14.7 Å². The zero-order chi connectivity index (χ0) is 26.5. The molecular formula is C28H26N4O4S2. The molecule has 1 aromatic heterocycles. The Morgan fingerprint density at radius 3 is 2.74 bits per heavy atom. The van der Waals surface area contributed by atoms with E-state index >= 15 is 0 Å². The van der Waals surface area contributed by atoms with E-state index in [4.69, 9.17) is 4.74 Å². The maximum absolute atomic E-state index is 12.9. The van der Waals surface area contributed by atoms with Gasteiger partial charge in [0.15, 0.2) is 0 Å². The number of likely N-dealkylation sites (N-methyl/N-ethyl adjacent to an activating group) is 1. The summed E-state index contributed by atoms with van der Waals surface area (Å²) in [6.45, 7) is 1.02. The van der Waals surface area contributed by atoms with Crippen LogP contribution in [-0.4, -0.2) is 48.2 Å². The number of anilines is 1. The molecule has 1 aliphatic rings. The highest BCUT2D eigenvalue weighted by atomic mass is 32.2. The topological polar surface area (TPSA) is 113 Å². The van der Waals surface area contributed by atoms with E-state index in [0.29, 0.717) is 35.7 Å². The number of ether oxygens (including phenoxy) is 1. The van der Waals surface area contributed by atoms with Crippen molar-refractivity contribution in [2.45, 2.75) is 22.4 Å². The summed E-state index contributed by atoms with van der Waals surface area (Å²) >= 11 is 3.00. The van der Waals surface area contributed by atoms with E-state index in [1.54, 1.807) is 31.4 Å². The second kappa shape index (κ2) is 11.8. The maximum atomic E-state index is 12.9. The molecule has 4 N–H and O–H groups in total. The number of thiazole rings is 1. The second-order valence-corrected chi connectivity index (χ2v) is 10.8. The first-order chi connectivity index (χ1) is 18.5. The monoisotopic (exact) mass is 546 g/mol. The molecule has 194 valence electrons. The van der Waals surface area contributed by atoms with Crippen molar-refractivity contribution in [1.29, 1.82) is 0 Å². The molecule has 0 spiro atoms. The number of fused-ring (bicyclic) bond motifs is 2. The summed E-state index contributed by atoms with van der Waals surface area (Å²) in [5.41, 5.74) is 2.64. The Kier molecular flexibility index (Phi) is 8.04. The van der Waals surface area contributed by atoms with Crippen molar-refractivity contribution in [3.63, 3.8) is 0 Å². The van der Waals surface area contributed by atoms with E-state index in [1.807, 2.05) is 48.5 Å². The number of aromatic nitrogens is 1. The minimum atomic E-state index is -0.572. The average Bonchev–Trinajstić information content (AvgIpc) is 3.36. The molecule has 10 heteroatoms. The predicted octanol–water partition coefficient (Wildman–Crippen LogP) is 4.42. The van der Waals surface area contributed by atoms with Crippen LogP contribution in [0.5, 0.6) is 5.75 Å². The van der Waals surface area contributed by atoms with Gasteiger partial charge < -0.3 is 25.8 Å². The predicted molar refractivity (Wildman–Crippen MR) is 149 cm³/mol. The molecule has 3 aromatic carbocycles. The lowest BCUT2D eigenvalue weighted by molar-refractivity contribution is 0.0949. The first-order valence-corrected chi connectivity index (χ1v) is 13.6. The third kappa shape index (κ3) is 6.05. The lowest BCUT2D eigenvalue weighted by atomic mass is 10.1. The molecule has 0 saturated heterocycles. The lowest BCUT2D eigenvalue weighted by Crippen LogP contribution is -2.29. The summed E-state index contributed by atoms with van der Waals surface area (Å²) in [6, 6.07) is 20.3. The van der Waals surface area contributed by atoms with Crippen LogP contribution in [0.25, 0.3) is 10.6 Å². The van der Waals surface area contributed by atoms with Crippen molar-refractivity contribution in [1.82, 2.24) is 15.6 Å². The van der Waals surface area contributed by atoms with Gasteiger partial charge in [-0.2, -0.15) is 0 Å². The molecule has 2 amide bonds. The third-order valence-corrected chi connectivity index (χ3v) is 8.00. The Morgan fingerprint density at radius 1 is 1.11 bits per heavy atom. The number of nitrogens with zero attached hydrogens (tertiary/aromatic N) is 1. The van der Waals surface area contributed by atoms with Crippen LogP contribution in [0, 0.1) is 0 Å². The molecule has 8 nitrogen and oxygen atoms in total. The Balaban J connectivity index is 1.19. The molecule has 0 aliphatic carbocycles. The average molecular weight is 547 g/mol. The molecule has 1 aliphatic heterocycles. The van der Waals surface area contributed by atoms with Crippen molar-refractivity contribution in [2.75, 3.05) is 25.5 Å². The fourth-order valence-electron chi connectivity index (χ4n) is 3.88. The minimum Gasteiger partial charge on any atom is -0.491 e. The van der Waals surface area contributed by atoms with Crippen LogP contribution < -0.4 is 20.7 Å². The van der Waals surface area contributed by atoms with Crippen LogP contribution in [-0.2, 0) is 6.54 Å². The SMILES string of the molecule is CNCC(O)COc1ccc(-c2ncc(CNC(=O)c3ccc4c(c3)NC(=O)c3ccccc3S4)s2)cc1. The molecule has 2 heterocycles. The van der Waals surface area contributed by atoms with Gasteiger partial charge in [-0.25, -0.2) is 4.98 Å². The standard InChI is InChI=1S/C28H26N4O4S2/c1-29-13-19(33)16-36-20-9-6-17(7-10-20)28-31-15-21(37-28)14-30-26(34)18-8-11-25-23(12-18)32-27(35)22-4-2-3-5-24(22)38-25/h2-12,15,19,29,33H,13-14,16H2,1H3,(H,30,34)(H,32,35). The van der Waals surface area contributed by atoms with Gasteiger partial charge >= 0.3 is 0 Å². The van der Waals surface area contributed by atoms with Crippen molar-refractivity contribution in [3.8, 4) is 16.3 Å². The smallest absolute Gasteiger partial charge is 0.256 e. The zero-order valence-electron chi connectivity index (χ0n) is 20.6. The molecular weight excluding hydrogens is 520 g/mol. The number of rotatable bonds is 9. The molecule has 0 radical (unpaired) electrons. The number of carbonyl (C=O) groups excluding carboxylic acids is 2. The van der Waals surface area contributed by atoms with E-state index < -0.39 is 6.10 Å². The van der Waals surface area contributed by atoms with Gasteiger partial charge in [0.1, 0.15) is 23.5 Å². The number of hydrogen-bond acceptors (Lipinski definition) is 8. The number of benzene rings is 3. The molecule has 38 heavy (non-hydrogen) atoms. The van der Waals surface area contributed by atoms with Crippen LogP contribution in [0.15, 0.2) is 82.7 Å². The van der Waals surface area contributed by atoms with Gasteiger partial charge in [0.05, 0.1) is 17.8 Å². The zero-order valence-corrected chi connectivity index (χ0v) is 22.2. The molecule has 4 aromatic rings. The second-order valence-electron chi connectivity index (χ2n) is 8.62. The fourth-order valence-corrected chi connectivity index (χ4v) is 5.75. The van der Waals surface area contributed by atoms with E-state index in [-0.39, 0.29) is 18.4 Å². The van der Waals surface area contributed by atoms with Gasteiger partial charge in [0.2, 0.25) is 0 Å². The van der Waals surface area contributed by atoms with Crippen LogP contribution in [0.2, 0.25) is 0 Å². The maximum Gasteiger partial charge on any atom is 0.256 e. The first kappa shape index (κ1) is 25.9. The van der Waals surface area contributed by atoms with Gasteiger partial charge in [-0.05, 0) is 61.6 Å². The summed E-state index contributed by atoms with van der Waals surface area (Å²) in [5.74, 6) is 0.255. The number of aliphatic hydroxyl groups excluding tert-OH is 1. The summed E-state index contributed by atoms with van der Waals surface area (Å²) < 4.78 is 5.61. The molecule has 5 rings (SSSR count). The minimum absolute atomic E-state index is 0.187. The van der Waals surface area contributed by atoms with E-state index in [1.165, 1.54) is 23.1 Å². The largest absolute Gasteiger partial charge is 0.491 e. The Morgan fingerprint density at radius 2 is 1.92 bits per heavy atom. The highest BCUT2D eigenvalue weighted by Gasteiger charge is 2.21. The fraction of sp³-hybridized carbons (Fsp3) is 0.179. The number of amides is 2.